The number of benzene rings is 1. The number of aryl methyl sites for hydroxylation is 2. The molecule has 0 saturated carbocycles. The molecule has 0 unspecified atom stereocenters. The molecule has 0 bridgehead atoms. The molecule has 1 aliphatic rings. The Morgan fingerprint density at radius 1 is 0.967 bits per heavy atom. The largest absolute Gasteiger partial charge is 0.352 e. The van der Waals surface area contributed by atoms with Gasteiger partial charge in [-0.15, -0.1) is 22.7 Å². The molecule has 3 aromatic heterocycles. The minimum Gasteiger partial charge on any atom is -0.352 e. The van der Waals surface area contributed by atoms with E-state index in [9.17, 15) is 4.79 Å². The number of aromatic nitrogens is 2. The van der Waals surface area contributed by atoms with Crippen LogP contribution in [-0.4, -0.2) is 47.0 Å². The van der Waals surface area contributed by atoms with Crippen molar-refractivity contribution in [2.45, 2.75) is 13.8 Å². The lowest BCUT2D eigenvalue weighted by Gasteiger charge is -2.36. The normalized spacial score (nSPS) is 14.5. The Hall–Kier alpha value is -2.77. The highest BCUT2D eigenvalue weighted by Crippen LogP contribution is 2.37. The van der Waals surface area contributed by atoms with Crippen LogP contribution in [0, 0.1) is 13.8 Å². The lowest BCUT2D eigenvalue weighted by Crippen LogP contribution is -2.49. The Labute approximate surface area is 183 Å². The molecule has 1 fully saturated rings. The van der Waals surface area contributed by atoms with E-state index in [4.69, 9.17) is 9.97 Å². The summed E-state index contributed by atoms with van der Waals surface area (Å²) in [7, 11) is 0. The molecular formula is C23H22N4OS2. The number of fused-ring (bicyclic) bond motifs is 1. The van der Waals surface area contributed by atoms with Crippen molar-refractivity contribution in [1.82, 2.24) is 14.9 Å². The maximum Gasteiger partial charge on any atom is 0.253 e. The standard InChI is InChI=1S/C23H22N4OS2/c1-15-16(2)30-22-19(15)21(24-20(25-22)18-9-6-14-29-18)26-10-12-27(13-11-26)23(28)17-7-4-3-5-8-17/h3-9,14H,10-13H2,1-2H3. The van der Waals surface area contributed by atoms with Crippen LogP contribution in [0.15, 0.2) is 47.8 Å². The second kappa shape index (κ2) is 7.81. The van der Waals surface area contributed by atoms with Gasteiger partial charge in [-0.1, -0.05) is 24.3 Å². The molecule has 4 aromatic rings. The summed E-state index contributed by atoms with van der Waals surface area (Å²) in [6.07, 6.45) is 0. The van der Waals surface area contributed by atoms with Gasteiger partial charge in [0.1, 0.15) is 10.6 Å². The van der Waals surface area contributed by atoms with Gasteiger partial charge < -0.3 is 9.80 Å². The predicted octanol–water partition coefficient (Wildman–Crippen LogP) is 5.00. The number of amides is 1. The van der Waals surface area contributed by atoms with E-state index in [1.807, 2.05) is 41.3 Å². The van der Waals surface area contributed by atoms with Gasteiger partial charge in [0.2, 0.25) is 0 Å². The average Bonchev–Trinajstić information content (AvgIpc) is 3.42. The molecule has 4 heterocycles. The van der Waals surface area contributed by atoms with Crippen molar-refractivity contribution in [3.8, 4) is 10.7 Å². The molecule has 0 N–H and O–H groups in total. The molecule has 152 valence electrons. The third-order valence-electron chi connectivity index (χ3n) is 5.64. The van der Waals surface area contributed by atoms with Crippen molar-refractivity contribution in [2.24, 2.45) is 0 Å². The van der Waals surface area contributed by atoms with Gasteiger partial charge in [0.25, 0.3) is 5.91 Å². The third-order valence-corrected chi connectivity index (χ3v) is 7.61. The van der Waals surface area contributed by atoms with E-state index in [0.29, 0.717) is 13.1 Å². The van der Waals surface area contributed by atoms with Crippen LogP contribution in [0.3, 0.4) is 0 Å². The van der Waals surface area contributed by atoms with Gasteiger partial charge in [-0.05, 0) is 43.0 Å². The second-order valence-electron chi connectivity index (χ2n) is 7.46. The minimum absolute atomic E-state index is 0.102. The topological polar surface area (TPSA) is 49.3 Å². The monoisotopic (exact) mass is 434 g/mol. The van der Waals surface area contributed by atoms with Gasteiger partial charge in [0.05, 0.1) is 10.3 Å². The van der Waals surface area contributed by atoms with Crippen molar-refractivity contribution in [1.29, 1.82) is 0 Å². The van der Waals surface area contributed by atoms with Gasteiger partial charge in [-0.2, -0.15) is 0 Å². The van der Waals surface area contributed by atoms with E-state index < -0.39 is 0 Å². The maximum absolute atomic E-state index is 12.8. The lowest BCUT2D eigenvalue weighted by atomic mass is 10.1. The number of thiophene rings is 2. The molecule has 1 aliphatic heterocycles. The molecule has 0 atom stereocenters. The molecule has 5 rings (SSSR count). The van der Waals surface area contributed by atoms with Crippen LogP contribution in [0.2, 0.25) is 0 Å². The van der Waals surface area contributed by atoms with Crippen molar-refractivity contribution < 1.29 is 4.79 Å². The number of rotatable bonds is 3. The first kappa shape index (κ1) is 19.2. The highest BCUT2D eigenvalue weighted by Gasteiger charge is 2.26. The van der Waals surface area contributed by atoms with E-state index in [-0.39, 0.29) is 5.91 Å². The fraction of sp³-hybridized carbons (Fsp3) is 0.261. The Balaban J connectivity index is 1.46. The van der Waals surface area contributed by atoms with E-state index >= 15 is 0 Å². The van der Waals surface area contributed by atoms with Crippen molar-refractivity contribution >= 4 is 44.6 Å². The summed E-state index contributed by atoms with van der Waals surface area (Å²) in [5.74, 6) is 1.89. The van der Waals surface area contributed by atoms with Crippen molar-refractivity contribution in [3.63, 3.8) is 0 Å². The fourth-order valence-corrected chi connectivity index (χ4v) is 5.54. The molecule has 1 amide bonds. The highest BCUT2D eigenvalue weighted by molar-refractivity contribution is 7.19. The molecule has 1 saturated heterocycles. The molecule has 0 aliphatic carbocycles. The molecule has 5 nitrogen and oxygen atoms in total. The Morgan fingerprint density at radius 3 is 2.43 bits per heavy atom. The zero-order chi connectivity index (χ0) is 20.7. The number of anilines is 1. The Bertz CT molecular complexity index is 1190. The van der Waals surface area contributed by atoms with Crippen LogP contribution in [0.4, 0.5) is 5.82 Å². The Morgan fingerprint density at radius 2 is 1.73 bits per heavy atom. The number of hydrogen-bond acceptors (Lipinski definition) is 6. The number of hydrogen-bond donors (Lipinski definition) is 0. The number of carbonyl (C=O) groups is 1. The summed E-state index contributed by atoms with van der Waals surface area (Å²) in [5, 5.41) is 3.21. The molecule has 0 spiro atoms. The predicted molar refractivity (Wildman–Crippen MR) is 125 cm³/mol. The fourth-order valence-electron chi connectivity index (χ4n) is 3.86. The molecule has 0 radical (unpaired) electrons. The van der Waals surface area contributed by atoms with Gasteiger partial charge in [-0.3, -0.25) is 4.79 Å². The van der Waals surface area contributed by atoms with E-state index in [1.165, 1.54) is 10.4 Å². The Kier molecular flexibility index (Phi) is 5.00. The maximum atomic E-state index is 12.8. The van der Waals surface area contributed by atoms with Crippen LogP contribution in [-0.2, 0) is 0 Å². The summed E-state index contributed by atoms with van der Waals surface area (Å²) < 4.78 is 0. The molecular weight excluding hydrogens is 412 g/mol. The third kappa shape index (κ3) is 3.38. The lowest BCUT2D eigenvalue weighted by molar-refractivity contribution is 0.0746. The molecule has 7 heteroatoms. The average molecular weight is 435 g/mol. The van der Waals surface area contributed by atoms with E-state index in [1.54, 1.807) is 22.7 Å². The number of carbonyl (C=O) groups excluding carboxylic acids is 1. The van der Waals surface area contributed by atoms with Crippen LogP contribution in [0.25, 0.3) is 20.9 Å². The van der Waals surface area contributed by atoms with Crippen LogP contribution in [0.1, 0.15) is 20.8 Å². The van der Waals surface area contributed by atoms with Crippen molar-refractivity contribution in [3.05, 3.63) is 63.8 Å². The van der Waals surface area contributed by atoms with Gasteiger partial charge in [0, 0.05) is 36.6 Å². The zero-order valence-corrected chi connectivity index (χ0v) is 18.6. The van der Waals surface area contributed by atoms with E-state index in [2.05, 4.69) is 30.2 Å². The highest BCUT2D eigenvalue weighted by atomic mass is 32.1. The van der Waals surface area contributed by atoms with Gasteiger partial charge in [-0.25, -0.2) is 9.97 Å². The van der Waals surface area contributed by atoms with Crippen LogP contribution in [0.5, 0.6) is 0 Å². The van der Waals surface area contributed by atoms with Crippen molar-refractivity contribution in [2.75, 3.05) is 31.1 Å². The summed E-state index contributed by atoms with van der Waals surface area (Å²) in [6, 6.07) is 13.6. The first-order chi connectivity index (χ1) is 14.6. The summed E-state index contributed by atoms with van der Waals surface area (Å²) in [6.45, 7) is 7.21. The second-order valence-corrected chi connectivity index (χ2v) is 9.61. The van der Waals surface area contributed by atoms with Gasteiger partial charge >= 0.3 is 0 Å². The van der Waals surface area contributed by atoms with E-state index in [0.717, 1.165) is 45.4 Å². The number of nitrogens with zero attached hydrogens (tertiary/aromatic N) is 4. The SMILES string of the molecule is Cc1sc2nc(-c3cccs3)nc(N3CCN(C(=O)c4ccccc4)CC3)c2c1C. The quantitative estimate of drug-likeness (QED) is 0.455. The summed E-state index contributed by atoms with van der Waals surface area (Å²) >= 11 is 3.39. The molecule has 1 aromatic carbocycles. The van der Waals surface area contributed by atoms with Gasteiger partial charge in [0.15, 0.2) is 5.82 Å². The summed E-state index contributed by atoms with van der Waals surface area (Å²) in [4.78, 5) is 30.3. The smallest absolute Gasteiger partial charge is 0.253 e. The minimum atomic E-state index is 0.102. The summed E-state index contributed by atoms with van der Waals surface area (Å²) in [5.41, 5.74) is 2.00. The number of piperazine rings is 1. The first-order valence-corrected chi connectivity index (χ1v) is 11.7. The van der Waals surface area contributed by atoms with Crippen LogP contribution >= 0.6 is 22.7 Å². The zero-order valence-electron chi connectivity index (χ0n) is 17.0. The first-order valence-electron chi connectivity index (χ1n) is 10.0. The molecule has 30 heavy (non-hydrogen) atoms. The van der Waals surface area contributed by atoms with Crippen LogP contribution < -0.4 is 4.90 Å².